The highest BCUT2D eigenvalue weighted by atomic mass is 19.1. The molecule has 22 heavy (non-hydrogen) atoms. The molecule has 4 unspecified atom stereocenters. The fourth-order valence-electron chi connectivity index (χ4n) is 4.15. The molecule has 3 rings (SSSR count). The molecule has 1 saturated heterocycles. The average molecular weight is 314 g/mol. The Morgan fingerprint density at radius 2 is 1.91 bits per heavy atom. The second-order valence-electron chi connectivity index (χ2n) is 6.96. The largest absolute Gasteiger partial charge is 0.469 e. The second kappa shape index (κ2) is 7.23. The van der Waals surface area contributed by atoms with Crippen LogP contribution in [0.4, 0.5) is 4.39 Å². The maximum absolute atomic E-state index is 13.2. The number of ether oxygens (including phenoxy) is 1. The zero-order chi connectivity index (χ0) is 15.5. The van der Waals surface area contributed by atoms with Gasteiger partial charge in [0.25, 0.3) is 0 Å². The molecule has 4 atom stereocenters. The van der Waals surface area contributed by atoms with Gasteiger partial charge in [0.2, 0.25) is 0 Å². The van der Waals surface area contributed by atoms with Crippen molar-refractivity contribution >= 4 is 5.97 Å². The molecule has 0 spiro atoms. The van der Waals surface area contributed by atoms with Crippen LogP contribution in [0.5, 0.6) is 0 Å². The molecule has 1 heterocycles. The molecule has 0 amide bonds. The van der Waals surface area contributed by atoms with E-state index >= 15 is 0 Å². The Hall–Kier alpha value is -0.720. The second-order valence-corrected chi connectivity index (χ2v) is 6.96. The van der Waals surface area contributed by atoms with E-state index in [9.17, 15) is 9.18 Å². The molecule has 0 aromatic carbocycles. The smallest absolute Gasteiger partial charge is 0.308 e. The zero-order valence-corrected chi connectivity index (χ0v) is 13.2. The third kappa shape index (κ3) is 3.60. The Labute approximate surface area is 131 Å². The molecule has 5 nitrogen and oxygen atoms in total. The number of hydrogen-bond acceptors (Lipinski definition) is 5. The van der Waals surface area contributed by atoms with Gasteiger partial charge in [-0.25, -0.2) is 4.39 Å². The molecule has 0 aromatic heterocycles. The van der Waals surface area contributed by atoms with Crippen LogP contribution in [0.3, 0.4) is 0 Å². The summed E-state index contributed by atoms with van der Waals surface area (Å²) < 4.78 is 18.1. The highest BCUT2D eigenvalue weighted by molar-refractivity contribution is 5.72. The lowest BCUT2D eigenvalue weighted by Gasteiger charge is -2.32. The van der Waals surface area contributed by atoms with Crippen molar-refractivity contribution in [2.24, 2.45) is 17.8 Å². The summed E-state index contributed by atoms with van der Waals surface area (Å²) in [4.78, 5) is 17.5. The van der Waals surface area contributed by atoms with E-state index in [1.54, 1.807) is 0 Å². The molecule has 3 aliphatic rings. The lowest BCUT2D eigenvalue weighted by molar-refractivity contribution is -0.147. The van der Waals surface area contributed by atoms with Gasteiger partial charge in [0, 0.05) is 5.92 Å². The Morgan fingerprint density at radius 1 is 1.14 bits per heavy atom. The topological polar surface area (TPSA) is 59.6 Å². The van der Waals surface area contributed by atoms with Crippen LogP contribution in [0.2, 0.25) is 0 Å². The summed E-state index contributed by atoms with van der Waals surface area (Å²) in [5.74, 6) is 0.666. The van der Waals surface area contributed by atoms with Crippen LogP contribution in [-0.4, -0.2) is 31.6 Å². The maximum atomic E-state index is 13.2. The third-order valence-corrected chi connectivity index (χ3v) is 5.52. The number of carbonyl (C=O) groups excluding carboxylic acids is 1. The van der Waals surface area contributed by atoms with E-state index in [0.717, 1.165) is 38.5 Å². The SMILES string of the molecule is COC(=O)C1CCCC(C2NOC(C3CCC(F)CC3)N2)C1. The summed E-state index contributed by atoms with van der Waals surface area (Å²) in [6.07, 6.45) is 6.34. The van der Waals surface area contributed by atoms with Crippen molar-refractivity contribution in [1.82, 2.24) is 10.8 Å². The van der Waals surface area contributed by atoms with E-state index < -0.39 is 6.17 Å². The first-order valence-electron chi connectivity index (χ1n) is 8.56. The monoisotopic (exact) mass is 314 g/mol. The minimum atomic E-state index is -0.638. The highest BCUT2D eigenvalue weighted by Gasteiger charge is 2.39. The molecular weight excluding hydrogens is 287 g/mol. The minimum absolute atomic E-state index is 0.00776. The molecule has 0 bridgehead atoms. The predicted molar refractivity (Wildman–Crippen MR) is 79.3 cm³/mol. The molecular formula is C16H27FN2O3. The molecule has 2 saturated carbocycles. The first-order chi connectivity index (χ1) is 10.7. The fraction of sp³-hybridized carbons (Fsp3) is 0.938. The van der Waals surface area contributed by atoms with Gasteiger partial charge in [-0.05, 0) is 50.9 Å². The number of halogens is 1. The zero-order valence-electron chi connectivity index (χ0n) is 13.2. The summed E-state index contributed by atoms with van der Waals surface area (Å²) >= 11 is 0. The summed E-state index contributed by atoms with van der Waals surface area (Å²) in [6.45, 7) is 0. The van der Waals surface area contributed by atoms with Crippen molar-refractivity contribution in [2.45, 2.75) is 69.9 Å². The maximum Gasteiger partial charge on any atom is 0.308 e. The van der Waals surface area contributed by atoms with Crippen molar-refractivity contribution in [2.75, 3.05) is 7.11 Å². The van der Waals surface area contributed by atoms with Gasteiger partial charge in [0.1, 0.15) is 12.4 Å². The van der Waals surface area contributed by atoms with Gasteiger partial charge in [-0.2, -0.15) is 5.48 Å². The predicted octanol–water partition coefficient (Wildman–Crippen LogP) is 2.27. The van der Waals surface area contributed by atoms with Crippen LogP contribution in [0.25, 0.3) is 0 Å². The number of hydroxylamine groups is 1. The van der Waals surface area contributed by atoms with Crippen molar-refractivity contribution in [1.29, 1.82) is 0 Å². The first-order valence-corrected chi connectivity index (χ1v) is 8.56. The molecule has 1 aliphatic heterocycles. The van der Waals surface area contributed by atoms with Crippen molar-refractivity contribution in [3.63, 3.8) is 0 Å². The number of rotatable bonds is 3. The van der Waals surface area contributed by atoms with E-state index in [1.807, 2.05) is 0 Å². The molecule has 3 fully saturated rings. The highest BCUT2D eigenvalue weighted by Crippen LogP contribution is 2.35. The summed E-state index contributed by atoms with van der Waals surface area (Å²) in [7, 11) is 1.46. The summed E-state index contributed by atoms with van der Waals surface area (Å²) in [6, 6.07) is 0. The Bertz CT molecular complexity index is 388. The van der Waals surface area contributed by atoms with Gasteiger partial charge in [-0.1, -0.05) is 6.42 Å². The van der Waals surface area contributed by atoms with Gasteiger partial charge < -0.3 is 4.74 Å². The van der Waals surface area contributed by atoms with Gasteiger partial charge in [-0.15, -0.1) is 0 Å². The summed E-state index contributed by atoms with van der Waals surface area (Å²) in [5, 5.41) is 3.51. The van der Waals surface area contributed by atoms with E-state index in [0.29, 0.717) is 24.7 Å². The first kappa shape index (κ1) is 16.1. The van der Waals surface area contributed by atoms with E-state index in [1.165, 1.54) is 7.11 Å². The van der Waals surface area contributed by atoms with Crippen LogP contribution in [0, 0.1) is 17.8 Å². The summed E-state index contributed by atoms with van der Waals surface area (Å²) in [5.41, 5.74) is 3.11. The van der Waals surface area contributed by atoms with Crippen LogP contribution in [-0.2, 0) is 14.4 Å². The van der Waals surface area contributed by atoms with Crippen LogP contribution >= 0.6 is 0 Å². The fourth-order valence-corrected chi connectivity index (χ4v) is 4.15. The van der Waals surface area contributed by atoms with Crippen LogP contribution < -0.4 is 10.8 Å². The standard InChI is InChI=1S/C16H27FN2O3/c1-21-16(20)12-4-2-3-11(9-12)14-18-15(22-19-14)10-5-7-13(17)8-6-10/h10-15,18-19H,2-9H2,1H3. The third-order valence-electron chi connectivity index (χ3n) is 5.52. The lowest BCUT2D eigenvalue weighted by Crippen LogP contribution is -2.44. The van der Waals surface area contributed by atoms with E-state index in [2.05, 4.69) is 10.8 Å². The van der Waals surface area contributed by atoms with Crippen LogP contribution in [0.1, 0.15) is 51.4 Å². The minimum Gasteiger partial charge on any atom is -0.469 e. The molecule has 126 valence electrons. The number of nitrogens with one attached hydrogen (secondary N) is 2. The molecule has 2 aliphatic carbocycles. The van der Waals surface area contributed by atoms with Gasteiger partial charge in [0.05, 0.1) is 19.2 Å². The number of carbonyl (C=O) groups is 1. The van der Waals surface area contributed by atoms with Gasteiger partial charge >= 0.3 is 5.97 Å². The van der Waals surface area contributed by atoms with Gasteiger partial charge in [0.15, 0.2) is 0 Å². The molecule has 0 radical (unpaired) electrons. The molecule has 6 heteroatoms. The number of esters is 1. The van der Waals surface area contributed by atoms with Crippen LogP contribution in [0.15, 0.2) is 0 Å². The number of alkyl halides is 1. The number of methoxy groups -OCH3 is 1. The van der Waals surface area contributed by atoms with Crippen molar-refractivity contribution in [3.8, 4) is 0 Å². The molecule has 0 aromatic rings. The van der Waals surface area contributed by atoms with Crippen molar-refractivity contribution in [3.05, 3.63) is 0 Å². The molecule has 2 N–H and O–H groups in total. The Balaban J connectivity index is 1.50. The quantitative estimate of drug-likeness (QED) is 0.783. The van der Waals surface area contributed by atoms with E-state index in [4.69, 9.17) is 9.57 Å². The van der Waals surface area contributed by atoms with Crippen molar-refractivity contribution < 1.29 is 18.8 Å². The normalized spacial score (nSPS) is 43.0. The Kier molecular flexibility index (Phi) is 5.31. The van der Waals surface area contributed by atoms with E-state index in [-0.39, 0.29) is 24.3 Å². The lowest BCUT2D eigenvalue weighted by atomic mass is 9.79. The Morgan fingerprint density at radius 3 is 2.64 bits per heavy atom. The average Bonchev–Trinajstić information content (AvgIpc) is 3.05. The van der Waals surface area contributed by atoms with Gasteiger partial charge in [-0.3, -0.25) is 14.9 Å². The number of hydrogen-bond donors (Lipinski definition) is 2.